The zero-order valence-corrected chi connectivity index (χ0v) is 14.0. The number of carbonyl (C=O) groups excluding carboxylic acids is 3. The van der Waals surface area contributed by atoms with E-state index in [1.807, 2.05) is 13.8 Å². The number of amides is 4. The predicted octanol–water partition coefficient (Wildman–Crippen LogP) is 2.00. The molecule has 6 heteroatoms. The summed E-state index contributed by atoms with van der Waals surface area (Å²) in [5.74, 6) is -0.261. The van der Waals surface area contributed by atoms with Crippen molar-refractivity contribution < 1.29 is 14.4 Å². The van der Waals surface area contributed by atoms with Crippen molar-refractivity contribution in [1.82, 2.24) is 15.1 Å². The second-order valence-electron chi connectivity index (χ2n) is 6.01. The van der Waals surface area contributed by atoms with Crippen LogP contribution in [0, 0.1) is 0 Å². The second kappa shape index (κ2) is 6.40. The van der Waals surface area contributed by atoms with E-state index >= 15 is 0 Å². The molecule has 0 saturated carbocycles. The number of hydrogen-bond acceptors (Lipinski definition) is 3. The molecule has 6 nitrogen and oxygen atoms in total. The van der Waals surface area contributed by atoms with Gasteiger partial charge in [-0.25, -0.2) is 4.79 Å². The Morgan fingerprint density at radius 2 is 1.70 bits per heavy atom. The average molecular weight is 317 g/mol. The standard InChI is InChI=1S/C17H23N3O3/c1-5-17(6-2)15(22)20(16(23)18-17)11-12-7-9-13(10-8-12)14(21)19(3)4/h7-10H,5-6,11H2,1-4H3,(H,18,23). The summed E-state index contributed by atoms with van der Waals surface area (Å²) in [7, 11) is 3.39. The molecule has 0 atom stereocenters. The normalized spacial score (nSPS) is 16.4. The Labute approximate surface area is 136 Å². The SMILES string of the molecule is CCC1(CC)NC(=O)N(Cc2ccc(C(=O)N(C)C)cc2)C1=O. The van der Waals surface area contributed by atoms with E-state index in [-0.39, 0.29) is 24.4 Å². The molecule has 2 rings (SSSR count). The molecule has 0 unspecified atom stereocenters. The number of urea groups is 1. The number of rotatable bonds is 5. The van der Waals surface area contributed by atoms with Gasteiger partial charge in [0.1, 0.15) is 5.54 Å². The molecule has 0 bridgehead atoms. The zero-order valence-electron chi connectivity index (χ0n) is 14.0. The molecule has 1 aliphatic rings. The van der Waals surface area contributed by atoms with E-state index in [9.17, 15) is 14.4 Å². The third-order valence-corrected chi connectivity index (χ3v) is 4.40. The van der Waals surface area contributed by atoms with Gasteiger partial charge in [0.25, 0.3) is 11.8 Å². The highest BCUT2D eigenvalue weighted by molar-refractivity contribution is 6.06. The first-order chi connectivity index (χ1) is 10.8. The van der Waals surface area contributed by atoms with Gasteiger partial charge in [0.05, 0.1) is 6.54 Å². The van der Waals surface area contributed by atoms with Crippen molar-refractivity contribution >= 4 is 17.8 Å². The van der Waals surface area contributed by atoms with Crippen molar-refractivity contribution in [1.29, 1.82) is 0 Å². The van der Waals surface area contributed by atoms with E-state index in [0.717, 1.165) is 5.56 Å². The van der Waals surface area contributed by atoms with Crippen molar-refractivity contribution in [3.63, 3.8) is 0 Å². The van der Waals surface area contributed by atoms with Crippen LogP contribution in [-0.2, 0) is 11.3 Å². The van der Waals surface area contributed by atoms with Crippen LogP contribution in [0.15, 0.2) is 24.3 Å². The Hall–Kier alpha value is -2.37. The summed E-state index contributed by atoms with van der Waals surface area (Å²) in [4.78, 5) is 39.3. The van der Waals surface area contributed by atoms with Crippen molar-refractivity contribution in [3.05, 3.63) is 35.4 Å². The Balaban J connectivity index is 2.15. The Kier molecular flexibility index (Phi) is 4.73. The van der Waals surface area contributed by atoms with E-state index in [0.29, 0.717) is 18.4 Å². The molecule has 1 saturated heterocycles. The molecular weight excluding hydrogens is 294 g/mol. The molecular formula is C17H23N3O3. The summed E-state index contributed by atoms with van der Waals surface area (Å²) >= 11 is 0. The van der Waals surface area contributed by atoms with Crippen LogP contribution in [-0.4, -0.2) is 47.3 Å². The van der Waals surface area contributed by atoms with Gasteiger partial charge in [0.15, 0.2) is 0 Å². The Morgan fingerprint density at radius 3 is 2.13 bits per heavy atom. The maximum absolute atomic E-state index is 12.6. The molecule has 0 aliphatic carbocycles. The van der Waals surface area contributed by atoms with Crippen LogP contribution in [0.2, 0.25) is 0 Å². The summed E-state index contributed by atoms with van der Waals surface area (Å²) in [6.45, 7) is 4.00. The fourth-order valence-electron chi connectivity index (χ4n) is 2.74. The largest absolute Gasteiger partial charge is 0.345 e. The lowest BCUT2D eigenvalue weighted by Gasteiger charge is -2.23. The van der Waals surface area contributed by atoms with Crippen LogP contribution in [0.4, 0.5) is 4.79 Å². The zero-order chi connectivity index (χ0) is 17.2. The van der Waals surface area contributed by atoms with E-state index in [1.165, 1.54) is 9.80 Å². The molecule has 0 radical (unpaired) electrons. The van der Waals surface area contributed by atoms with Crippen LogP contribution >= 0.6 is 0 Å². The lowest BCUT2D eigenvalue weighted by atomic mass is 9.93. The highest BCUT2D eigenvalue weighted by Crippen LogP contribution is 2.26. The third kappa shape index (κ3) is 3.06. The Morgan fingerprint density at radius 1 is 1.13 bits per heavy atom. The highest BCUT2D eigenvalue weighted by Gasteiger charge is 2.48. The monoisotopic (exact) mass is 317 g/mol. The van der Waals surface area contributed by atoms with Gasteiger partial charge in [-0.1, -0.05) is 26.0 Å². The van der Waals surface area contributed by atoms with Gasteiger partial charge in [0.2, 0.25) is 0 Å². The summed E-state index contributed by atoms with van der Waals surface area (Å²) < 4.78 is 0. The molecule has 124 valence electrons. The van der Waals surface area contributed by atoms with Gasteiger partial charge in [-0.05, 0) is 30.5 Å². The van der Waals surface area contributed by atoms with E-state index in [4.69, 9.17) is 0 Å². The number of imide groups is 1. The highest BCUT2D eigenvalue weighted by atomic mass is 16.2. The van der Waals surface area contributed by atoms with Crippen molar-refractivity contribution in [3.8, 4) is 0 Å². The van der Waals surface area contributed by atoms with Gasteiger partial charge in [-0.15, -0.1) is 0 Å². The molecule has 23 heavy (non-hydrogen) atoms. The summed E-state index contributed by atoms with van der Waals surface area (Å²) in [5.41, 5.74) is 0.608. The number of carbonyl (C=O) groups is 3. The smallest absolute Gasteiger partial charge is 0.325 e. The minimum absolute atomic E-state index is 0.0810. The van der Waals surface area contributed by atoms with Gasteiger partial charge in [-0.2, -0.15) is 0 Å². The minimum atomic E-state index is -0.780. The average Bonchev–Trinajstić information content (AvgIpc) is 2.79. The van der Waals surface area contributed by atoms with Gasteiger partial charge < -0.3 is 10.2 Å². The van der Waals surface area contributed by atoms with E-state index in [2.05, 4.69) is 5.32 Å². The number of nitrogens with zero attached hydrogens (tertiary/aromatic N) is 2. The first-order valence-corrected chi connectivity index (χ1v) is 7.79. The lowest BCUT2D eigenvalue weighted by Crippen LogP contribution is -2.45. The Bertz CT molecular complexity index is 618. The van der Waals surface area contributed by atoms with Gasteiger partial charge in [0, 0.05) is 19.7 Å². The van der Waals surface area contributed by atoms with Gasteiger partial charge >= 0.3 is 6.03 Å². The van der Waals surface area contributed by atoms with Crippen LogP contribution in [0.3, 0.4) is 0 Å². The van der Waals surface area contributed by atoms with Crippen molar-refractivity contribution in [2.45, 2.75) is 38.8 Å². The topological polar surface area (TPSA) is 69.7 Å². The predicted molar refractivity (Wildman–Crippen MR) is 86.9 cm³/mol. The third-order valence-electron chi connectivity index (χ3n) is 4.40. The number of hydrogen-bond donors (Lipinski definition) is 1. The number of nitrogens with one attached hydrogen (secondary N) is 1. The lowest BCUT2D eigenvalue weighted by molar-refractivity contribution is -0.132. The van der Waals surface area contributed by atoms with Crippen molar-refractivity contribution in [2.24, 2.45) is 0 Å². The first kappa shape index (κ1) is 17.0. The second-order valence-corrected chi connectivity index (χ2v) is 6.01. The molecule has 0 aromatic heterocycles. The molecule has 1 heterocycles. The van der Waals surface area contributed by atoms with Crippen LogP contribution in [0.25, 0.3) is 0 Å². The quantitative estimate of drug-likeness (QED) is 0.845. The van der Waals surface area contributed by atoms with Crippen molar-refractivity contribution in [2.75, 3.05) is 14.1 Å². The summed E-state index contributed by atoms with van der Waals surface area (Å²) in [6, 6.07) is 6.61. The molecule has 4 amide bonds. The minimum Gasteiger partial charge on any atom is -0.345 e. The maximum Gasteiger partial charge on any atom is 0.325 e. The maximum atomic E-state index is 12.6. The fraction of sp³-hybridized carbons (Fsp3) is 0.471. The van der Waals surface area contributed by atoms with E-state index in [1.54, 1.807) is 38.4 Å². The summed E-state index contributed by atoms with van der Waals surface area (Å²) in [6.07, 6.45) is 1.14. The molecule has 1 aromatic carbocycles. The van der Waals surface area contributed by atoms with E-state index < -0.39 is 5.54 Å². The van der Waals surface area contributed by atoms with Gasteiger partial charge in [-0.3, -0.25) is 14.5 Å². The first-order valence-electron chi connectivity index (χ1n) is 7.79. The molecule has 0 spiro atoms. The van der Waals surface area contributed by atoms with Crippen LogP contribution in [0.1, 0.15) is 42.6 Å². The molecule has 1 aliphatic heterocycles. The summed E-state index contributed by atoms with van der Waals surface area (Å²) in [5, 5.41) is 2.81. The number of benzene rings is 1. The molecule has 1 aromatic rings. The van der Waals surface area contributed by atoms with Crippen LogP contribution in [0.5, 0.6) is 0 Å². The van der Waals surface area contributed by atoms with Crippen LogP contribution < -0.4 is 5.32 Å². The molecule has 1 N–H and O–H groups in total. The fourth-order valence-corrected chi connectivity index (χ4v) is 2.74. The molecule has 1 fully saturated rings.